The van der Waals surface area contributed by atoms with Crippen molar-refractivity contribution < 1.29 is 8.42 Å². The van der Waals surface area contributed by atoms with Gasteiger partial charge in [0.25, 0.3) is 0 Å². The predicted molar refractivity (Wildman–Crippen MR) is 83.2 cm³/mol. The van der Waals surface area contributed by atoms with Crippen molar-refractivity contribution in [2.45, 2.75) is 5.75 Å². The van der Waals surface area contributed by atoms with Crippen LogP contribution in [0.1, 0.15) is 5.56 Å². The largest absolute Gasteiger partial charge is 0.346 e. The van der Waals surface area contributed by atoms with Gasteiger partial charge in [-0.15, -0.1) is 0 Å². The topological polar surface area (TPSA) is 74.8 Å². The molecule has 0 amide bonds. The summed E-state index contributed by atoms with van der Waals surface area (Å²) in [5.74, 6) is -0.0142. The van der Waals surface area contributed by atoms with Gasteiger partial charge in [-0.2, -0.15) is 0 Å². The summed E-state index contributed by atoms with van der Waals surface area (Å²) in [5.41, 5.74) is 3.71. The summed E-state index contributed by atoms with van der Waals surface area (Å²) in [7, 11) is -1.82. The maximum absolute atomic E-state index is 11.5. The van der Waals surface area contributed by atoms with E-state index in [2.05, 4.69) is 14.7 Å². The first-order chi connectivity index (χ1) is 10.1. The van der Waals surface area contributed by atoms with Crippen molar-refractivity contribution in [3.63, 3.8) is 0 Å². The summed E-state index contributed by atoms with van der Waals surface area (Å²) in [6.45, 7) is 0. The third-order valence-corrected chi connectivity index (χ3v) is 4.73. The lowest BCUT2D eigenvalue weighted by Crippen LogP contribution is -2.20. The Balaban J connectivity index is 1.96. The number of rotatable bonds is 4. The summed E-state index contributed by atoms with van der Waals surface area (Å²) >= 11 is 0. The van der Waals surface area contributed by atoms with E-state index < -0.39 is 10.0 Å². The van der Waals surface area contributed by atoms with Gasteiger partial charge in [0.1, 0.15) is 5.65 Å². The third kappa shape index (κ3) is 2.81. The molecule has 2 aromatic heterocycles. The lowest BCUT2D eigenvalue weighted by Gasteiger charge is -2.06. The number of hydrogen-bond acceptors (Lipinski definition) is 3. The number of aromatic nitrogens is 2. The molecule has 0 bridgehead atoms. The van der Waals surface area contributed by atoms with Crippen molar-refractivity contribution in [2.75, 3.05) is 7.05 Å². The number of benzene rings is 1. The summed E-state index contributed by atoms with van der Waals surface area (Å²) in [5, 5.41) is 1.05. The average molecular weight is 301 g/mol. The molecule has 2 N–H and O–H groups in total. The highest BCUT2D eigenvalue weighted by Gasteiger charge is 2.09. The second kappa shape index (κ2) is 5.31. The van der Waals surface area contributed by atoms with E-state index >= 15 is 0 Å². The molecule has 0 radical (unpaired) electrons. The smallest absolute Gasteiger partial charge is 0.215 e. The van der Waals surface area contributed by atoms with Crippen molar-refractivity contribution in [1.29, 1.82) is 0 Å². The van der Waals surface area contributed by atoms with Gasteiger partial charge in [0.05, 0.1) is 5.75 Å². The normalized spacial score (nSPS) is 11.9. The molecule has 1 aromatic carbocycles. The van der Waals surface area contributed by atoms with Gasteiger partial charge < -0.3 is 4.98 Å². The molecule has 3 rings (SSSR count). The molecule has 0 fully saturated rings. The second-order valence-corrected chi connectivity index (χ2v) is 6.69. The van der Waals surface area contributed by atoms with E-state index in [9.17, 15) is 8.42 Å². The number of fused-ring (bicyclic) bond motifs is 1. The molecular formula is C15H15N3O2S. The number of hydrogen-bond donors (Lipinski definition) is 2. The third-order valence-electron chi connectivity index (χ3n) is 3.39. The van der Waals surface area contributed by atoms with E-state index in [-0.39, 0.29) is 5.75 Å². The highest BCUT2D eigenvalue weighted by molar-refractivity contribution is 7.88. The van der Waals surface area contributed by atoms with E-state index in [0.717, 1.165) is 27.7 Å². The lowest BCUT2D eigenvalue weighted by atomic mass is 10.0. The Bertz CT molecular complexity index is 867. The Morgan fingerprint density at radius 3 is 2.62 bits per heavy atom. The Hall–Kier alpha value is -2.18. The zero-order valence-electron chi connectivity index (χ0n) is 11.5. The fourth-order valence-electron chi connectivity index (χ4n) is 2.28. The van der Waals surface area contributed by atoms with Crippen LogP contribution in [-0.2, 0) is 15.8 Å². The van der Waals surface area contributed by atoms with Gasteiger partial charge in [0.2, 0.25) is 10.0 Å². The number of sulfonamides is 1. The van der Waals surface area contributed by atoms with Crippen molar-refractivity contribution in [1.82, 2.24) is 14.7 Å². The number of nitrogens with one attached hydrogen (secondary N) is 2. The van der Waals surface area contributed by atoms with Crippen molar-refractivity contribution in [2.24, 2.45) is 0 Å². The standard InChI is InChI=1S/C15H15N3O2S/c1-16-21(19,20)10-11-2-4-12(5-3-11)13-6-8-17-15-14(13)7-9-18-15/h2-9,16H,10H2,1H3,(H,17,18). The molecule has 0 saturated heterocycles. The first kappa shape index (κ1) is 13.8. The minimum absolute atomic E-state index is 0.0142. The van der Waals surface area contributed by atoms with E-state index in [4.69, 9.17) is 0 Å². The highest BCUT2D eigenvalue weighted by Crippen LogP contribution is 2.27. The molecule has 2 heterocycles. The molecule has 3 aromatic rings. The van der Waals surface area contributed by atoms with E-state index in [0.29, 0.717) is 0 Å². The molecule has 0 aliphatic heterocycles. The maximum atomic E-state index is 11.5. The van der Waals surface area contributed by atoms with Gasteiger partial charge in [0, 0.05) is 17.8 Å². The summed E-state index contributed by atoms with van der Waals surface area (Å²) in [6, 6.07) is 11.5. The summed E-state index contributed by atoms with van der Waals surface area (Å²) < 4.78 is 25.4. The monoisotopic (exact) mass is 301 g/mol. The van der Waals surface area contributed by atoms with Crippen LogP contribution >= 0.6 is 0 Å². The molecule has 0 aliphatic rings. The van der Waals surface area contributed by atoms with E-state index in [1.54, 1.807) is 6.20 Å². The quantitative estimate of drug-likeness (QED) is 0.776. The summed E-state index contributed by atoms with van der Waals surface area (Å²) in [4.78, 5) is 7.34. The fourth-order valence-corrected chi connectivity index (χ4v) is 3.06. The van der Waals surface area contributed by atoms with Gasteiger partial charge in [0.15, 0.2) is 0 Å². The van der Waals surface area contributed by atoms with Crippen molar-refractivity contribution in [3.05, 3.63) is 54.4 Å². The lowest BCUT2D eigenvalue weighted by molar-refractivity contribution is 0.587. The van der Waals surface area contributed by atoms with Crippen LogP contribution in [0.15, 0.2) is 48.8 Å². The fraction of sp³-hybridized carbons (Fsp3) is 0.133. The van der Waals surface area contributed by atoms with Crippen LogP contribution in [0.4, 0.5) is 0 Å². The SMILES string of the molecule is CNS(=O)(=O)Cc1ccc(-c2ccnc3[nH]ccc23)cc1. The molecule has 0 atom stereocenters. The van der Waals surface area contributed by atoms with Crippen LogP contribution < -0.4 is 4.72 Å². The average Bonchev–Trinajstić information content (AvgIpc) is 2.96. The van der Waals surface area contributed by atoms with Crippen LogP contribution in [0.25, 0.3) is 22.2 Å². The van der Waals surface area contributed by atoms with Crippen LogP contribution in [-0.4, -0.2) is 25.4 Å². The van der Waals surface area contributed by atoms with Crippen LogP contribution in [0.3, 0.4) is 0 Å². The van der Waals surface area contributed by atoms with Crippen LogP contribution in [0.5, 0.6) is 0 Å². The molecule has 0 spiro atoms. The van der Waals surface area contributed by atoms with Gasteiger partial charge in [-0.1, -0.05) is 24.3 Å². The van der Waals surface area contributed by atoms with Gasteiger partial charge in [-0.3, -0.25) is 0 Å². The number of pyridine rings is 1. The Morgan fingerprint density at radius 2 is 1.90 bits per heavy atom. The molecule has 0 saturated carbocycles. The number of nitrogens with zero attached hydrogens (tertiary/aromatic N) is 1. The van der Waals surface area contributed by atoms with E-state index in [1.165, 1.54) is 7.05 Å². The van der Waals surface area contributed by atoms with Gasteiger partial charge in [-0.05, 0) is 35.9 Å². The molecule has 21 heavy (non-hydrogen) atoms. The molecule has 0 unspecified atom stereocenters. The molecule has 5 nitrogen and oxygen atoms in total. The van der Waals surface area contributed by atoms with Crippen molar-refractivity contribution in [3.8, 4) is 11.1 Å². The summed E-state index contributed by atoms with van der Waals surface area (Å²) in [6.07, 6.45) is 3.61. The highest BCUT2D eigenvalue weighted by atomic mass is 32.2. The van der Waals surface area contributed by atoms with Gasteiger partial charge in [-0.25, -0.2) is 18.1 Å². The second-order valence-electron chi connectivity index (χ2n) is 4.76. The number of H-pyrrole nitrogens is 1. The van der Waals surface area contributed by atoms with Crippen molar-refractivity contribution >= 4 is 21.1 Å². The molecule has 6 heteroatoms. The maximum Gasteiger partial charge on any atom is 0.215 e. The zero-order chi connectivity index (χ0) is 14.9. The molecule has 108 valence electrons. The van der Waals surface area contributed by atoms with Crippen LogP contribution in [0.2, 0.25) is 0 Å². The van der Waals surface area contributed by atoms with E-state index in [1.807, 2.05) is 42.6 Å². The van der Waals surface area contributed by atoms with Crippen LogP contribution in [0, 0.1) is 0 Å². The minimum Gasteiger partial charge on any atom is -0.346 e. The number of aromatic amines is 1. The zero-order valence-corrected chi connectivity index (χ0v) is 12.3. The predicted octanol–water partition coefficient (Wildman–Crippen LogP) is 2.28. The minimum atomic E-state index is -3.24. The molecular weight excluding hydrogens is 286 g/mol. The first-order valence-corrected chi connectivity index (χ1v) is 8.17. The molecule has 0 aliphatic carbocycles. The first-order valence-electron chi connectivity index (χ1n) is 6.52. The Morgan fingerprint density at radius 1 is 1.14 bits per heavy atom. The Kier molecular flexibility index (Phi) is 3.48. The Labute approximate surface area is 123 Å². The van der Waals surface area contributed by atoms with Gasteiger partial charge >= 0.3 is 0 Å².